The largest absolute Gasteiger partial charge is 0.480 e. The van der Waals surface area contributed by atoms with E-state index in [1.807, 2.05) is 10.6 Å². The summed E-state index contributed by atoms with van der Waals surface area (Å²) in [5, 5.41) is 12.0. The van der Waals surface area contributed by atoms with Crippen molar-refractivity contribution in [1.29, 1.82) is 0 Å². The van der Waals surface area contributed by atoms with E-state index in [0.29, 0.717) is 0 Å². The predicted octanol–water partition coefficient (Wildman–Crippen LogP) is -1.76. The molecule has 0 heterocycles. The van der Waals surface area contributed by atoms with Gasteiger partial charge in [0.2, 0.25) is 5.91 Å². The topological polar surface area (TPSA) is 122 Å². The Morgan fingerprint density at radius 2 is 2.00 bits per heavy atom. The average molecular weight is 189 g/mol. The lowest BCUT2D eigenvalue weighted by atomic mass is 10.3. The van der Waals surface area contributed by atoms with Crippen molar-refractivity contribution in [2.45, 2.75) is 13.0 Å². The van der Waals surface area contributed by atoms with E-state index in [9.17, 15) is 14.4 Å². The molecular weight excluding hydrogens is 178 g/mol. The third-order valence-corrected chi connectivity index (χ3v) is 1.05. The number of carboxylic acids is 1. The summed E-state index contributed by atoms with van der Waals surface area (Å²) >= 11 is 0. The minimum absolute atomic E-state index is 0.544. The highest BCUT2D eigenvalue weighted by molar-refractivity contribution is 5.97. The lowest BCUT2D eigenvalue weighted by molar-refractivity contribution is -0.135. The fourth-order valence-corrected chi connectivity index (χ4v) is 0.426. The molecule has 7 nitrogen and oxygen atoms in total. The summed E-state index contributed by atoms with van der Waals surface area (Å²) in [5.74, 6) is -1.86. The zero-order valence-corrected chi connectivity index (χ0v) is 7.03. The molecule has 0 saturated carbocycles. The van der Waals surface area contributed by atoms with Gasteiger partial charge in [-0.15, -0.1) is 0 Å². The number of amides is 3. The van der Waals surface area contributed by atoms with Crippen molar-refractivity contribution >= 4 is 17.9 Å². The van der Waals surface area contributed by atoms with Crippen LogP contribution in [0.3, 0.4) is 0 Å². The molecule has 3 amide bonds. The summed E-state index contributed by atoms with van der Waals surface area (Å²) < 4.78 is 0. The maximum absolute atomic E-state index is 10.8. The molecule has 1 unspecified atom stereocenters. The van der Waals surface area contributed by atoms with Crippen LogP contribution in [0.2, 0.25) is 0 Å². The molecule has 0 bridgehead atoms. The summed E-state index contributed by atoms with van der Waals surface area (Å²) in [7, 11) is 0. The number of rotatable bonds is 3. The third kappa shape index (κ3) is 5.62. The highest BCUT2D eigenvalue weighted by atomic mass is 16.4. The lowest BCUT2D eigenvalue weighted by Crippen LogP contribution is -2.47. The molecule has 5 N–H and O–H groups in total. The van der Waals surface area contributed by atoms with Crippen LogP contribution in [0.25, 0.3) is 0 Å². The minimum atomic E-state index is -1.19. The van der Waals surface area contributed by atoms with Gasteiger partial charge in [0.25, 0.3) is 0 Å². The summed E-state index contributed by atoms with van der Waals surface area (Å²) in [6, 6.07) is -1.68. The SMILES string of the molecule is CC(N)C(=O)NC(=O)NCC(=O)O. The van der Waals surface area contributed by atoms with Crippen LogP contribution in [-0.4, -0.2) is 35.6 Å². The number of hydrogen-bond acceptors (Lipinski definition) is 4. The molecule has 7 heteroatoms. The van der Waals surface area contributed by atoms with Crippen molar-refractivity contribution in [1.82, 2.24) is 10.6 Å². The predicted molar refractivity (Wildman–Crippen MR) is 42.8 cm³/mol. The molecule has 13 heavy (non-hydrogen) atoms. The smallest absolute Gasteiger partial charge is 0.323 e. The Balaban J connectivity index is 3.75. The van der Waals surface area contributed by atoms with E-state index in [1.54, 1.807) is 0 Å². The van der Waals surface area contributed by atoms with E-state index in [-0.39, 0.29) is 0 Å². The summed E-state index contributed by atoms with van der Waals surface area (Å²) in [5.41, 5.74) is 5.13. The van der Waals surface area contributed by atoms with Gasteiger partial charge in [0, 0.05) is 0 Å². The Labute approximate surface area is 74.3 Å². The van der Waals surface area contributed by atoms with Crippen molar-refractivity contribution in [2.24, 2.45) is 5.73 Å². The first kappa shape index (κ1) is 11.4. The number of hydrogen-bond donors (Lipinski definition) is 4. The van der Waals surface area contributed by atoms with Crippen LogP contribution in [0.1, 0.15) is 6.92 Å². The molecule has 74 valence electrons. The van der Waals surface area contributed by atoms with Gasteiger partial charge < -0.3 is 16.2 Å². The zero-order chi connectivity index (χ0) is 10.4. The van der Waals surface area contributed by atoms with Crippen molar-refractivity contribution in [3.63, 3.8) is 0 Å². The fraction of sp³-hybridized carbons (Fsp3) is 0.500. The number of carboxylic acid groups (broad SMARTS) is 1. The van der Waals surface area contributed by atoms with Gasteiger partial charge in [0.1, 0.15) is 6.54 Å². The maximum atomic E-state index is 10.8. The first-order valence-corrected chi connectivity index (χ1v) is 3.49. The maximum Gasteiger partial charge on any atom is 0.323 e. The molecule has 0 saturated heterocycles. The van der Waals surface area contributed by atoms with Crippen LogP contribution < -0.4 is 16.4 Å². The third-order valence-electron chi connectivity index (χ3n) is 1.05. The Morgan fingerprint density at radius 3 is 2.38 bits per heavy atom. The first-order chi connectivity index (χ1) is 5.93. The van der Waals surface area contributed by atoms with Gasteiger partial charge in [0.15, 0.2) is 0 Å². The van der Waals surface area contributed by atoms with Gasteiger partial charge in [-0.2, -0.15) is 0 Å². The van der Waals surface area contributed by atoms with E-state index >= 15 is 0 Å². The van der Waals surface area contributed by atoms with Crippen LogP contribution in [0, 0.1) is 0 Å². The molecule has 0 rings (SSSR count). The average Bonchev–Trinajstić information content (AvgIpc) is 2.00. The van der Waals surface area contributed by atoms with Crippen LogP contribution >= 0.6 is 0 Å². The number of urea groups is 1. The molecule has 0 radical (unpaired) electrons. The van der Waals surface area contributed by atoms with E-state index < -0.39 is 30.5 Å². The molecule has 0 aromatic carbocycles. The molecular formula is C6H11N3O4. The second-order valence-electron chi connectivity index (χ2n) is 2.35. The van der Waals surface area contributed by atoms with Gasteiger partial charge in [-0.25, -0.2) is 4.79 Å². The van der Waals surface area contributed by atoms with Gasteiger partial charge in [-0.3, -0.25) is 14.9 Å². The highest BCUT2D eigenvalue weighted by Gasteiger charge is 2.11. The highest BCUT2D eigenvalue weighted by Crippen LogP contribution is 1.74. The van der Waals surface area contributed by atoms with Crippen LogP contribution in [0.15, 0.2) is 0 Å². The van der Waals surface area contributed by atoms with Crippen molar-refractivity contribution < 1.29 is 19.5 Å². The number of nitrogens with two attached hydrogens (primary N) is 1. The van der Waals surface area contributed by atoms with E-state index in [1.165, 1.54) is 6.92 Å². The van der Waals surface area contributed by atoms with E-state index in [4.69, 9.17) is 10.8 Å². The summed E-state index contributed by atoms with van der Waals surface area (Å²) in [4.78, 5) is 31.4. The quantitative estimate of drug-likeness (QED) is 0.419. The summed E-state index contributed by atoms with van der Waals surface area (Å²) in [6.07, 6.45) is 0. The van der Waals surface area contributed by atoms with Gasteiger partial charge in [0.05, 0.1) is 6.04 Å². The molecule has 0 aliphatic heterocycles. The second kappa shape index (κ2) is 5.09. The molecule has 0 aliphatic carbocycles. The van der Waals surface area contributed by atoms with Gasteiger partial charge in [-0.1, -0.05) is 0 Å². The number of aliphatic carboxylic acids is 1. The van der Waals surface area contributed by atoms with Crippen LogP contribution in [0.5, 0.6) is 0 Å². The monoisotopic (exact) mass is 189 g/mol. The number of carbonyl (C=O) groups is 3. The van der Waals surface area contributed by atoms with Crippen molar-refractivity contribution in [3.8, 4) is 0 Å². The number of imide groups is 1. The normalized spacial score (nSPS) is 11.5. The number of nitrogens with one attached hydrogen (secondary N) is 2. The van der Waals surface area contributed by atoms with Gasteiger partial charge in [-0.05, 0) is 6.92 Å². The van der Waals surface area contributed by atoms with Crippen molar-refractivity contribution in [2.75, 3.05) is 6.54 Å². The Morgan fingerprint density at radius 1 is 1.46 bits per heavy atom. The minimum Gasteiger partial charge on any atom is -0.480 e. The second-order valence-corrected chi connectivity index (χ2v) is 2.35. The molecule has 0 aromatic rings. The number of carbonyl (C=O) groups excluding carboxylic acids is 2. The fourth-order valence-electron chi connectivity index (χ4n) is 0.426. The van der Waals surface area contributed by atoms with Gasteiger partial charge >= 0.3 is 12.0 Å². The standard InChI is InChI=1S/C6H11N3O4/c1-3(7)5(12)9-6(13)8-2-4(10)11/h3H,2,7H2,1H3,(H,10,11)(H2,8,9,12,13). The lowest BCUT2D eigenvalue weighted by Gasteiger charge is -2.06. The Kier molecular flexibility index (Phi) is 4.45. The molecule has 0 fully saturated rings. The van der Waals surface area contributed by atoms with Crippen molar-refractivity contribution in [3.05, 3.63) is 0 Å². The first-order valence-electron chi connectivity index (χ1n) is 3.49. The van der Waals surface area contributed by atoms with E-state index in [2.05, 4.69) is 0 Å². The Bertz CT molecular complexity index is 226. The summed E-state index contributed by atoms with van der Waals surface area (Å²) in [6.45, 7) is 0.859. The van der Waals surface area contributed by atoms with Crippen LogP contribution in [0.4, 0.5) is 4.79 Å². The molecule has 0 spiro atoms. The molecule has 0 aliphatic rings. The zero-order valence-electron chi connectivity index (χ0n) is 7.03. The molecule has 1 atom stereocenters. The van der Waals surface area contributed by atoms with E-state index in [0.717, 1.165) is 0 Å². The Hall–Kier alpha value is -1.63. The van der Waals surface area contributed by atoms with Crippen LogP contribution in [-0.2, 0) is 9.59 Å². The molecule has 0 aromatic heterocycles.